The highest BCUT2D eigenvalue weighted by Crippen LogP contribution is 2.24. The van der Waals surface area contributed by atoms with Crippen molar-refractivity contribution in [3.63, 3.8) is 0 Å². The number of hydrogen-bond acceptors (Lipinski definition) is 5. The molecule has 0 saturated carbocycles. The molecule has 0 atom stereocenters. The van der Waals surface area contributed by atoms with Gasteiger partial charge in [-0.05, 0) is 24.1 Å². The van der Waals surface area contributed by atoms with E-state index in [1.54, 1.807) is 0 Å². The minimum absolute atomic E-state index is 0.101. The van der Waals surface area contributed by atoms with Crippen LogP contribution in [0.4, 0.5) is 8.78 Å². The number of hydrogen-bond donors (Lipinski definition) is 1. The molecule has 0 aliphatic heterocycles. The van der Waals surface area contributed by atoms with Gasteiger partial charge in [0.15, 0.2) is 18.2 Å². The van der Waals surface area contributed by atoms with Gasteiger partial charge in [-0.15, -0.1) is 0 Å². The summed E-state index contributed by atoms with van der Waals surface area (Å²) >= 11 is 0. The largest absolute Gasteiger partial charge is 0.481 e. The first-order valence-corrected chi connectivity index (χ1v) is 7.82. The van der Waals surface area contributed by atoms with Crippen LogP contribution in [0.5, 0.6) is 5.75 Å². The highest BCUT2D eigenvalue weighted by Gasteiger charge is 2.20. The molecule has 0 fully saturated rings. The molecular formula is C18H15F2N3O3. The summed E-state index contributed by atoms with van der Waals surface area (Å²) in [4.78, 5) is 15.3. The van der Waals surface area contributed by atoms with Gasteiger partial charge in [-0.25, -0.2) is 8.78 Å². The van der Waals surface area contributed by atoms with Crippen LogP contribution in [0.25, 0.3) is 11.4 Å². The molecule has 0 unspecified atom stereocenters. The van der Waals surface area contributed by atoms with Crippen molar-refractivity contribution in [1.29, 1.82) is 0 Å². The number of carbonyl (C=O) groups is 1. The normalized spacial score (nSPS) is 10.7. The SMILES string of the molecule is CCc1ccc(-c2noc(COc3ccc(F)c(C(N)=O)c3F)n2)cc1. The Bertz CT molecular complexity index is 939. The predicted molar refractivity (Wildman–Crippen MR) is 88.3 cm³/mol. The van der Waals surface area contributed by atoms with E-state index in [2.05, 4.69) is 17.1 Å². The van der Waals surface area contributed by atoms with Crippen LogP contribution in [0.1, 0.15) is 28.7 Å². The first kappa shape index (κ1) is 17.5. The Morgan fingerprint density at radius 1 is 1.19 bits per heavy atom. The summed E-state index contributed by atoms with van der Waals surface area (Å²) in [6.07, 6.45) is 0.919. The lowest BCUT2D eigenvalue weighted by molar-refractivity contribution is 0.0991. The molecule has 2 aromatic carbocycles. The highest BCUT2D eigenvalue weighted by molar-refractivity contribution is 5.93. The maximum absolute atomic E-state index is 14.1. The fraction of sp³-hybridized carbons (Fsp3) is 0.167. The van der Waals surface area contributed by atoms with E-state index < -0.39 is 23.1 Å². The van der Waals surface area contributed by atoms with Gasteiger partial charge in [0, 0.05) is 5.56 Å². The Kier molecular flexibility index (Phi) is 4.92. The van der Waals surface area contributed by atoms with Crippen molar-refractivity contribution in [2.24, 2.45) is 5.73 Å². The van der Waals surface area contributed by atoms with Crippen LogP contribution in [-0.4, -0.2) is 16.0 Å². The van der Waals surface area contributed by atoms with Gasteiger partial charge < -0.3 is 15.0 Å². The monoisotopic (exact) mass is 359 g/mol. The fourth-order valence-corrected chi connectivity index (χ4v) is 2.33. The molecule has 0 aliphatic carbocycles. The maximum atomic E-state index is 14.1. The van der Waals surface area contributed by atoms with E-state index in [0.717, 1.165) is 24.1 Å². The van der Waals surface area contributed by atoms with Crippen molar-refractivity contribution in [1.82, 2.24) is 10.1 Å². The summed E-state index contributed by atoms with van der Waals surface area (Å²) in [6.45, 7) is 1.80. The molecule has 6 nitrogen and oxygen atoms in total. The molecule has 1 amide bonds. The van der Waals surface area contributed by atoms with Gasteiger partial charge in [0.25, 0.3) is 11.8 Å². The summed E-state index contributed by atoms with van der Waals surface area (Å²) in [6, 6.07) is 9.60. The Hall–Kier alpha value is -3.29. The fourth-order valence-electron chi connectivity index (χ4n) is 2.33. The van der Waals surface area contributed by atoms with E-state index in [1.807, 2.05) is 24.3 Å². The quantitative estimate of drug-likeness (QED) is 0.729. The van der Waals surface area contributed by atoms with Crippen LogP contribution in [0, 0.1) is 11.6 Å². The van der Waals surface area contributed by atoms with E-state index in [4.69, 9.17) is 15.0 Å². The molecule has 3 rings (SSSR count). The standard InChI is InChI=1S/C18H15F2N3O3/c1-2-10-3-5-11(6-4-10)18-22-14(26-23-18)9-25-13-8-7-12(19)15(16(13)20)17(21)24/h3-8H,2,9H2,1H3,(H2,21,24). The third-order valence-electron chi connectivity index (χ3n) is 3.74. The first-order valence-electron chi connectivity index (χ1n) is 7.82. The number of amides is 1. The average molecular weight is 359 g/mol. The number of nitrogens with zero attached hydrogens (tertiary/aromatic N) is 2. The summed E-state index contributed by atoms with van der Waals surface area (Å²) in [5.41, 5.74) is 6.05. The average Bonchev–Trinajstić information content (AvgIpc) is 3.10. The number of halogens is 2. The predicted octanol–water partition coefficient (Wildman–Crippen LogP) is 3.26. The highest BCUT2D eigenvalue weighted by atomic mass is 19.1. The number of aromatic nitrogens is 2. The molecular weight excluding hydrogens is 344 g/mol. The van der Waals surface area contributed by atoms with Gasteiger partial charge >= 0.3 is 0 Å². The van der Waals surface area contributed by atoms with Crippen LogP contribution >= 0.6 is 0 Å². The van der Waals surface area contributed by atoms with E-state index in [0.29, 0.717) is 5.82 Å². The van der Waals surface area contributed by atoms with Gasteiger partial charge in [-0.3, -0.25) is 4.79 Å². The van der Waals surface area contributed by atoms with Crippen LogP contribution in [0.3, 0.4) is 0 Å². The Morgan fingerprint density at radius 3 is 2.58 bits per heavy atom. The Labute approximate surface area is 147 Å². The van der Waals surface area contributed by atoms with Crippen molar-refractivity contribution in [2.45, 2.75) is 20.0 Å². The minimum Gasteiger partial charge on any atom is -0.481 e. The second-order valence-electron chi connectivity index (χ2n) is 5.45. The molecule has 1 aromatic heterocycles. The molecule has 1 heterocycles. The third kappa shape index (κ3) is 3.53. The summed E-state index contributed by atoms with van der Waals surface area (Å²) in [5.74, 6) is -3.33. The molecule has 0 bridgehead atoms. The van der Waals surface area contributed by atoms with Crippen LogP contribution < -0.4 is 10.5 Å². The van der Waals surface area contributed by atoms with E-state index in [1.165, 1.54) is 5.56 Å². The lowest BCUT2D eigenvalue weighted by Gasteiger charge is -2.07. The van der Waals surface area contributed by atoms with Crippen LogP contribution in [0.2, 0.25) is 0 Å². The van der Waals surface area contributed by atoms with Gasteiger partial charge in [0.1, 0.15) is 11.4 Å². The van der Waals surface area contributed by atoms with Crippen molar-refractivity contribution in [3.05, 3.63) is 65.1 Å². The molecule has 3 aromatic rings. The number of aryl methyl sites for hydroxylation is 1. The number of rotatable bonds is 6. The zero-order valence-electron chi connectivity index (χ0n) is 13.8. The molecule has 0 saturated heterocycles. The lowest BCUT2D eigenvalue weighted by atomic mass is 10.1. The summed E-state index contributed by atoms with van der Waals surface area (Å²) in [7, 11) is 0. The van der Waals surface area contributed by atoms with E-state index in [9.17, 15) is 13.6 Å². The Balaban J connectivity index is 1.74. The van der Waals surface area contributed by atoms with Gasteiger partial charge in [0.2, 0.25) is 5.82 Å². The van der Waals surface area contributed by atoms with Crippen molar-refractivity contribution in [3.8, 4) is 17.1 Å². The molecule has 134 valence electrons. The number of ether oxygens (including phenoxy) is 1. The van der Waals surface area contributed by atoms with Gasteiger partial charge in [-0.2, -0.15) is 4.98 Å². The minimum atomic E-state index is -1.22. The topological polar surface area (TPSA) is 91.2 Å². The van der Waals surface area contributed by atoms with Gasteiger partial charge in [-0.1, -0.05) is 36.3 Å². The van der Waals surface area contributed by atoms with Crippen molar-refractivity contribution < 1.29 is 22.8 Å². The molecule has 2 N–H and O–H groups in total. The van der Waals surface area contributed by atoms with Crippen LogP contribution in [-0.2, 0) is 13.0 Å². The van der Waals surface area contributed by atoms with Crippen molar-refractivity contribution in [2.75, 3.05) is 0 Å². The molecule has 26 heavy (non-hydrogen) atoms. The number of nitrogens with two attached hydrogens (primary N) is 1. The zero-order chi connectivity index (χ0) is 18.7. The molecule has 0 radical (unpaired) electrons. The maximum Gasteiger partial charge on any atom is 0.264 e. The molecule has 8 heteroatoms. The zero-order valence-corrected chi connectivity index (χ0v) is 13.8. The number of benzene rings is 2. The smallest absolute Gasteiger partial charge is 0.264 e. The first-order chi connectivity index (χ1) is 12.5. The Morgan fingerprint density at radius 2 is 1.92 bits per heavy atom. The molecule has 0 spiro atoms. The molecule has 0 aliphatic rings. The number of primary amides is 1. The van der Waals surface area contributed by atoms with E-state index >= 15 is 0 Å². The van der Waals surface area contributed by atoms with Crippen LogP contribution in [0.15, 0.2) is 40.9 Å². The summed E-state index contributed by atoms with van der Waals surface area (Å²) in [5, 5.41) is 3.84. The number of carbonyl (C=O) groups excluding carboxylic acids is 1. The van der Waals surface area contributed by atoms with E-state index in [-0.39, 0.29) is 18.2 Å². The second kappa shape index (κ2) is 7.30. The summed E-state index contributed by atoms with van der Waals surface area (Å²) < 4.78 is 37.8. The lowest BCUT2D eigenvalue weighted by Crippen LogP contribution is -2.16. The van der Waals surface area contributed by atoms with Gasteiger partial charge in [0.05, 0.1) is 0 Å². The van der Waals surface area contributed by atoms with Crippen molar-refractivity contribution >= 4 is 5.91 Å². The third-order valence-corrected chi connectivity index (χ3v) is 3.74. The second-order valence-corrected chi connectivity index (χ2v) is 5.45.